The SMILES string of the molecule is Cc1cc(C)c(-c2c(O)c3cc(Cl)ccc3[nH]c2=O)c(C)c1. The molecule has 2 N–H and O–H groups in total. The second-order valence-electron chi connectivity index (χ2n) is 5.64. The van der Waals surface area contributed by atoms with Gasteiger partial charge in [0.2, 0.25) is 0 Å². The maximum atomic E-state index is 12.5. The smallest absolute Gasteiger partial charge is 0.260 e. The lowest BCUT2D eigenvalue weighted by atomic mass is 9.93. The van der Waals surface area contributed by atoms with Crippen LogP contribution in [0, 0.1) is 20.8 Å². The molecule has 112 valence electrons. The summed E-state index contributed by atoms with van der Waals surface area (Å²) < 4.78 is 0. The number of halogens is 1. The van der Waals surface area contributed by atoms with Gasteiger partial charge in [-0.25, -0.2) is 0 Å². The van der Waals surface area contributed by atoms with Gasteiger partial charge in [-0.15, -0.1) is 0 Å². The van der Waals surface area contributed by atoms with E-state index in [-0.39, 0.29) is 11.3 Å². The number of aryl methyl sites for hydroxylation is 3. The Morgan fingerprint density at radius 3 is 2.27 bits per heavy atom. The molecular weight excluding hydrogens is 298 g/mol. The van der Waals surface area contributed by atoms with Crippen LogP contribution < -0.4 is 5.56 Å². The van der Waals surface area contributed by atoms with Gasteiger partial charge in [0, 0.05) is 10.4 Å². The Balaban J connectivity index is 2.44. The van der Waals surface area contributed by atoms with Gasteiger partial charge in [-0.1, -0.05) is 29.3 Å². The summed E-state index contributed by atoms with van der Waals surface area (Å²) in [4.78, 5) is 15.3. The molecule has 0 aliphatic rings. The Labute approximate surface area is 133 Å². The van der Waals surface area contributed by atoms with Crippen molar-refractivity contribution < 1.29 is 5.11 Å². The minimum absolute atomic E-state index is 0.0312. The average molecular weight is 314 g/mol. The van der Waals surface area contributed by atoms with E-state index in [9.17, 15) is 9.90 Å². The summed E-state index contributed by atoms with van der Waals surface area (Å²) in [5, 5.41) is 11.7. The molecule has 3 rings (SSSR count). The highest BCUT2D eigenvalue weighted by molar-refractivity contribution is 6.31. The summed E-state index contributed by atoms with van der Waals surface area (Å²) in [6.45, 7) is 5.89. The average Bonchev–Trinajstić information content (AvgIpc) is 2.42. The van der Waals surface area contributed by atoms with Crippen LogP contribution in [-0.4, -0.2) is 10.1 Å². The van der Waals surface area contributed by atoms with Gasteiger partial charge in [-0.2, -0.15) is 0 Å². The highest BCUT2D eigenvalue weighted by atomic mass is 35.5. The number of H-pyrrole nitrogens is 1. The molecule has 1 aromatic heterocycles. The van der Waals surface area contributed by atoms with Crippen LogP contribution in [-0.2, 0) is 0 Å². The van der Waals surface area contributed by atoms with E-state index in [1.54, 1.807) is 18.2 Å². The molecule has 3 aromatic rings. The molecule has 2 aromatic carbocycles. The van der Waals surface area contributed by atoms with Crippen LogP contribution in [0.4, 0.5) is 0 Å². The second-order valence-corrected chi connectivity index (χ2v) is 6.08. The van der Waals surface area contributed by atoms with E-state index in [0.29, 0.717) is 21.5 Å². The topological polar surface area (TPSA) is 53.1 Å². The number of pyridine rings is 1. The molecule has 0 atom stereocenters. The zero-order valence-electron chi connectivity index (χ0n) is 12.6. The minimum Gasteiger partial charge on any atom is -0.506 e. The third-order valence-electron chi connectivity index (χ3n) is 3.88. The third-order valence-corrected chi connectivity index (χ3v) is 4.11. The fourth-order valence-electron chi connectivity index (χ4n) is 3.05. The standard InChI is InChI=1S/C18H16ClNO2/c1-9-6-10(2)15(11(3)7-9)16-17(21)13-8-12(19)4-5-14(13)20-18(16)22/h4-8H,1-3H3,(H2,20,21,22). The molecule has 1 heterocycles. The number of nitrogens with one attached hydrogen (secondary N) is 1. The van der Waals surface area contributed by atoms with Crippen molar-refractivity contribution in [2.45, 2.75) is 20.8 Å². The number of hydrogen-bond acceptors (Lipinski definition) is 2. The van der Waals surface area contributed by atoms with Crippen LogP contribution in [0.15, 0.2) is 35.1 Å². The Bertz CT molecular complexity index is 934. The van der Waals surface area contributed by atoms with Crippen LogP contribution >= 0.6 is 11.6 Å². The first-order valence-corrected chi connectivity index (χ1v) is 7.39. The predicted octanol–water partition coefficient (Wildman–Crippen LogP) is 4.48. The lowest BCUT2D eigenvalue weighted by Crippen LogP contribution is -2.11. The van der Waals surface area contributed by atoms with Crippen LogP contribution in [0.1, 0.15) is 16.7 Å². The van der Waals surface area contributed by atoms with E-state index in [1.807, 2.05) is 32.9 Å². The third kappa shape index (κ3) is 2.28. The van der Waals surface area contributed by atoms with E-state index in [1.165, 1.54) is 0 Å². The fraction of sp³-hybridized carbons (Fsp3) is 0.167. The maximum absolute atomic E-state index is 12.5. The van der Waals surface area contributed by atoms with Crippen molar-refractivity contribution in [2.24, 2.45) is 0 Å². The van der Waals surface area contributed by atoms with Crippen LogP contribution in [0.2, 0.25) is 5.02 Å². The van der Waals surface area contributed by atoms with Crippen LogP contribution in [0.5, 0.6) is 5.75 Å². The summed E-state index contributed by atoms with van der Waals surface area (Å²) in [7, 11) is 0. The molecule has 22 heavy (non-hydrogen) atoms. The van der Waals surface area contributed by atoms with E-state index < -0.39 is 0 Å². The van der Waals surface area contributed by atoms with Gasteiger partial charge in [0.05, 0.1) is 11.1 Å². The van der Waals surface area contributed by atoms with Crippen LogP contribution in [0.25, 0.3) is 22.0 Å². The molecular formula is C18H16ClNO2. The highest BCUT2D eigenvalue weighted by Gasteiger charge is 2.18. The molecule has 0 aliphatic heterocycles. The zero-order chi connectivity index (χ0) is 16.0. The van der Waals surface area contributed by atoms with Gasteiger partial charge in [0.25, 0.3) is 5.56 Å². The quantitative estimate of drug-likeness (QED) is 0.696. The van der Waals surface area contributed by atoms with Crippen molar-refractivity contribution in [1.29, 1.82) is 0 Å². The lowest BCUT2D eigenvalue weighted by Gasteiger charge is -2.14. The number of aromatic nitrogens is 1. The number of aromatic hydroxyl groups is 1. The fourth-order valence-corrected chi connectivity index (χ4v) is 3.23. The number of rotatable bonds is 1. The van der Waals surface area contributed by atoms with E-state index in [2.05, 4.69) is 4.98 Å². The number of benzene rings is 2. The molecule has 0 saturated carbocycles. The molecule has 0 radical (unpaired) electrons. The first kappa shape index (κ1) is 14.7. The Kier molecular flexibility index (Phi) is 3.45. The van der Waals surface area contributed by atoms with Gasteiger partial charge >= 0.3 is 0 Å². The van der Waals surface area contributed by atoms with Crippen molar-refractivity contribution in [2.75, 3.05) is 0 Å². The van der Waals surface area contributed by atoms with Gasteiger partial charge in [0.15, 0.2) is 0 Å². The van der Waals surface area contributed by atoms with Crippen molar-refractivity contribution in [3.63, 3.8) is 0 Å². The first-order chi connectivity index (χ1) is 10.4. The molecule has 0 spiro atoms. The number of fused-ring (bicyclic) bond motifs is 1. The Morgan fingerprint density at radius 1 is 1.00 bits per heavy atom. The Hall–Kier alpha value is -2.26. The molecule has 0 unspecified atom stereocenters. The van der Waals surface area contributed by atoms with E-state index >= 15 is 0 Å². The van der Waals surface area contributed by atoms with Crippen LogP contribution in [0.3, 0.4) is 0 Å². The summed E-state index contributed by atoms with van der Waals surface area (Å²) in [5.41, 5.74) is 4.37. The molecule has 0 aliphatic carbocycles. The van der Waals surface area contributed by atoms with Gasteiger partial charge < -0.3 is 10.1 Å². The molecule has 4 heteroatoms. The van der Waals surface area contributed by atoms with E-state index in [4.69, 9.17) is 11.6 Å². The highest BCUT2D eigenvalue weighted by Crippen LogP contribution is 2.36. The molecule has 0 amide bonds. The van der Waals surface area contributed by atoms with Crippen molar-refractivity contribution >= 4 is 22.5 Å². The van der Waals surface area contributed by atoms with Crippen molar-refractivity contribution in [3.05, 3.63) is 62.4 Å². The first-order valence-electron chi connectivity index (χ1n) is 7.01. The summed E-state index contributed by atoms with van der Waals surface area (Å²) >= 11 is 6.01. The zero-order valence-corrected chi connectivity index (χ0v) is 13.4. The van der Waals surface area contributed by atoms with E-state index in [0.717, 1.165) is 22.3 Å². The monoisotopic (exact) mass is 313 g/mol. The second kappa shape index (κ2) is 5.18. The molecule has 3 nitrogen and oxygen atoms in total. The minimum atomic E-state index is -0.303. The molecule has 0 saturated heterocycles. The molecule has 0 fully saturated rings. The van der Waals surface area contributed by atoms with Gasteiger partial charge in [-0.05, 0) is 55.7 Å². The summed E-state index contributed by atoms with van der Waals surface area (Å²) in [6, 6.07) is 9.04. The van der Waals surface area contributed by atoms with Gasteiger partial charge in [-0.3, -0.25) is 4.79 Å². The van der Waals surface area contributed by atoms with Gasteiger partial charge in [0.1, 0.15) is 5.75 Å². The number of aromatic amines is 1. The van der Waals surface area contributed by atoms with Crippen molar-refractivity contribution in [1.82, 2.24) is 4.98 Å². The normalized spacial score (nSPS) is 11.1. The summed E-state index contributed by atoms with van der Waals surface area (Å²) in [6.07, 6.45) is 0. The predicted molar refractivity (Wildman–Crippen MR) is 90.9 cm³/mol. The number of hydrogen-bond donors (Lipinski definition) is 2. The molecule has 0 bridgehead atoms. The largest absolute Gasteiger partial charge is 0.506 e. The Morgan fingerprint density at radius 2 is 1.64 bits per heavy atom. The lowest BCUT2D eigenvalue weighted by molar-refractivity contribution is 0.482. The summed E-state index contributed by atoms with van der Waals surface area (Å²) in [5.74, 6) is -0.0312. The maximum Gasteiger partial charge on any atom is 0.260 e. The van der Waals surface area contributed by atoms with Crippen molar-refractivity contribution in [3.8, 4) is 16.9 Å².